The lowest BCUT2D eigenvalue weighted by Gasteiger charge is -2.32. The van der Waals surface area contributed by atoms with Crippen LogP contribution in [0.25, 0.3) is 0 Å². The van der Waals surface area contributed by atoms with Gasteiger partial charge in [-0.15, -0.1) is 0 Å². The molecule has 1 heterocycles. The van der Waals surface area contributed by atoms with Crippen LogP contribution >= 0.6 is 0 Å². The van der Waals surface area contributed by atoms with E-state index in [1.54, 1.807) is 4.90 Å². The third kappa shape index (κ3) is 4.99. The van der Waals surface area contributed by atoms with Crippen LogP contribution in [-0.4, -0.2) is 36.0 Å². The predicted molar refractivity (Wildman–Crippen MR) is 100 cm³/mol. The number of amides is 3. The topological polar surface area (TPSA) is 70.7 Å². The number of likely N-dealkylation sites (tertiary alicyclic amines) is 1. The number of rotatable bonds is 4. The minimum atomic E-state index is -0.122. The molecule has 0 aliphatic carbocycles. The molecule has 1 saturated heterocycles. The Bertz CT molecular complexity index is 739. The van der Waals surface area contributed by atoms with Crippen LogP contribution in [0.1, 0.15) is 19.8 Å². The third-order valence-electron chi connectivity index (χ3n) is 4.27. The van der Waals surface area contributed by atoms with Gasteiger partial charge in [0.2, 0.25) is 5.91 Å². The van der Waals surface area contributed by atoms with Gasteiger partial charge in [-0.3, -0.25) is 4.79 Å². The molecular formula is C20H23N3O3. The Morgan fingerprint density at radius 1 is 0.962 bits per heavy atom. The van der Waals surface area contributed by atoms with Gasteiger partial charge in [0.25, 0.3) is 0 Å². The normalized spacial score (nSPS) is 14.6. The molecular weight excluding hydrogens is 330 g/mol. The first-order chi connectivity index (χ1) is 12.6. The Kier molecular flexibility index (Phi) is 5.73. The maximum absolute atomic E-state index is 12.4. The van der Waals surface area contributed by atoms with E-state index in [1.807, 2.05) is 54.6 Å². The first-order valence-electron chi connectivity index (χ1n) is 8.76. The number of anilines is 1. The van der Waals surface area contributed by atoms with Crippen LogP contribution in [0.2, 0.25) is 0 Å². The maximum atomic E-state index is 12.4. The maximum Gasteiger partial charge on any atom is 0.321 e. The number of ether oxygens (including phenoxy) is 1. The molecule has 2 N–H and O–H groups in total. The van der Waals surface area contributed by atoms with Crippen LogP contribution in [-0.2, 0) is 4.79 Å². The van der Waals surface area contributed by atoms with Gasteiger partial charge in [-0.1, -0.05) is 18.2 Å². The largest absolute Gasteiger partial charge is 0.457 e. The van der Waals surface area contributed by atoms with Gasteiger partial charge in [0.15, 0.2) is 0 Å². The summed E-state index contributed by atoms with van der Waals surface area (Å²) in [6, 6.07) is 16.9. The second-order valence-electron chi connectivity index (χ2n) is 6.33. The quantitative estimate of drug-likeness (QED) is 0.882. The van der Waals surface area contributed by atoms with Crippen LogP contribution in [0, 0.1) is 0 Å². The van der Waals surface area contributed by atoms with Crippen LogP contribution in [0.3, 0.4) is 0 Å². The molecule has 0 radical (unpaired) electrons. The van der Waals surface area contributed by atoms with Crippen LogP contribution < -0.4 is 15.4 Å². The molecule has 1 aliphatic heterocycles. The van der Waals surface area contributed by atoms with Crippen molar-refractivity contribution < 1.29 is 14.3 Å². The molecule has 3 rings (SSSR count). The second-order valence-corrected chi connectivity index (χ2v) is 6.33. The van der Waals surface area contributed by atoms with Crippen molar-refractivity contribution in [1.29, 1.82) is 0 Å². The zero-order chi connectivity index (χ0) is 18.4. The summed E-state index contributed by atoms with van der Waals surface area (Å²) in [5, 5.41) is 5.81. The number of urea groups is 1. The summed E-state index contributed by atoms with van der Waals surface area (Å²) in [5.41, 5.74) is 0.722. The summed E-state index contributed by atoms with van der Waals surface area (Å²) >= 11 is 0. The second kappa shape index (κ2) is 8.38. The third-order valence-corrected chi connectivity index (χ3v) is 4.27. The molecule has 0 bridgehead atoms. The number of hydrogen-bond donors (Lipinski definition) is 2. The smallest absolute Gasteiger partial charge is 0.321 e. The van der Waals surface area contributed by atoms with Gasteiger partial charge in [-0.2, -0.15) is 0 Å². The van der Waals surface area contributed by atoms with Gasteiger partial charge < -0.3 is 20.3 Å². The van der Waals surface area contributed by atoms with Crippen molar-refractivity contribution in [3.8, 4) is 11.5 Å². The first kappa shape index (κ1) is 17.8. The van der Waals surface area contributed by atoms with E-state index in [4.69, 9.17) is 4.74 Å². The van der Waals surface area contributed by atoms with Crippen LogP contribution in [0.4, 0.5) is 10.5 Å². The van der Waals surface area contributed by atoms with Crippen molar-refractivity contribution in [1.82, 2.24) is 10.2 Å². The zero-order valence-electron chi connectivity index (χ0n) is 14.8. The molecule has 6 nitrogen and oxygen atoms in total. The Hall–Kier alpha value is -3.02. The average molecular weight is 353 g/mol. The fourth-order valence-electron chi connectivity index (χ4n) is 2.95. The summed E-state index contributed by atoms with van der Waals surface area (Å²) in [4.78, 5) is 25.2. The Balaban J connectivity index is 1.49. The first-order valence-corrected chi connectivity index (χ1v) is 8.76. The number of carbonyl (C=O) groups excluding carboxylic acids is 2. The van der Waals surface area contributed by atoms with Crippen molar-refractivity contribution in [2.24, 2.45) is 0 Å². The summed E-state index contributed by atoms with van der Waals surface area (Å²) in [7, 11) is 0. The fourth-order valence-corrected chi connectivity index (χ4v) is 2.95. The summed E-state index contributed by atoms with van der Waals surface area (Å²) in [6.07, 6.45) is 1.55. The number of nitrogens with zero attached hydrogens (tertiary/aromatic N) is 1. The lowest BCUT2D eigenvalue weighted by Crippen LogP contribution is -2.47. The van der Waals surface area contributed by atoms with E-state index in [2.05, 4.69) is 10.6 Å². The number of carbonyl (C=O) groups is 2. The van der Waals surface area contributed by atoms with Crippen molar-refractivity contribution >= 4 is 17.6 Å². The number of benzene rings is 2. The van der Waals surface area contributed by atoms with Gasteiger partial charge >= 0.3 is 6.03 Å². The summed E-state index contributed by atoms with van der Waals surface area (Å²) in [6.45, 7) is 2.78. The lowest BCUT2D eigenvalue weighted by atomic mass is 10.1. The van der Waals surface area contributed by atoms with E-state index in [9.17, 15) is 9.59 Å². The highest BCUT2D eigenvalue weighted by molar-refractivity contribution is 5.89. The molecule has 2 aromatic rings. The van der Waals surface area contributed by atoms with Gasteiger partial charge in [0, 0.05) is 31.7 Å². The van der Waals surface area contributed by atoms with E-state index < -0.39 is 0 Å². The SMILES string of the molecule is CC(=O)NC1CCN(C(=O)Nc2ccc(Oc3ccccc3)cc2)CC1. The molecule has 0 atom stereocenters. The Morgan fingerprint density at radius 2 is 1.58 bits per heavy atom. The highest BCUT2D eigenvalue weighted by atomic mass is 16.5. The molecule has 136 valence electrons. The van der Waals surface area contributed by atoms with E-state index in [1.165, 1.54) is 6.92 Å². The van der Waals surface area contributed by atoms with Crippen molar-refractivity contribution in [3.05, 3.63) is 54.6 Å². The van der Waals surface area contributed by atoms with Gasteiger partial charge in [0.1, 0.15) is 11.5 Å². The number of para-hydroxylation sites is 1. The van der Waals surface area contributed by atoms with E-state index >= 15 is 0 Å². The standard InChI is InChI=1S/C20H23N3O3/c1-15(24)21-17-11-13-23(14-12-17)20(25)22-16-7-9-19(10-8-16)26-18-5-3-2-4-6-18/h2-10,17H,11-14H2,1H3,(H,21,24)(H,22,25). The van der Waals surface area contributed by atoms with Gasteiger partial charge in [0.05, 0.1) is 0 Å². The molecule has 1 aliphatic rings. The zero-order valence-corrected chi connectivity index (χ0v) is 14.8. The minimum Gasteiger partial charge on any atom is -0.457 e. The molecule has 1 fully saturated rings. The fraction of sp³-hybridized carbons (Fsp3) is 0.300. The number of nitrogens with one attached hydrogen (secondary N) is 2. The number of piperidine rings is 1. The molecule has 26 heavy (non-hydrogen) atoms. The monoisotopic (exact) mass is 353 g/mol. The van der Waals surface area contributed by atoms with Crippen molar-refractivity contribution in [2.45, 2.75) is 25.8 Å². The van der Waals surface area contributed by atoms with Crippen LogP contribution in [0.15, 0.2) is 54.6 Å². The van der Waals surface area contributed by atoms with E-state index in [0.717, 1.165) is 24.3 Å². The lowest BCUT2D eigenvalue weighted by molar-refractivity contribution is -0.119. The van der Waals surface area contributed by atoms with E-state index in [-0.39, 0.29) is 18.0 Å². The highest BCUT2D eigenvalue weighted by Gasteiger charge is 2.23. The molecule has 0 unspecified atom stereocenters. The van der Waals surface area contributed by atoms with Crippen LogP contribution in [0.5, 0.6) is 11.5 Å². The average Bonchev–Trinajstić information content (AvgIpc) is 2.64. The Morgan fingerprint density at radius 3 is 2.19 bits per heavy atom. The molecule has 6 heteroatoms. The van der Waals surface area contributed by atoms with Gasteiger partial charge in [-0.05, 0) is 49.2 Å². The van der Waals surface area contributed by atoms with Gasteiger partial charge in [-0.25, -0.2) is 4.79 Å². The summed E-state index contributed by atoms with van der Waals surface area (Å²) < 4.78 is 5.74. The Labute approximate surface area is 153 Å². The predicted octanol–water partition coefficient (Wildman–Crippen LogP) is 3.61. The summed E-state index contributed by atoms with van der Waals surface area (Å²) in [5.74, 6) is 1.46. The molecule has 2 aromatic carbocycles. The minimum absolute atomic E-state index is 0.0225. The molecule has 0 spiro atoms. The molecule has 0 aromatic heterocycles. The highest BCUT2D eigenvalue weighted by Crippen LogP contribution is 2.23. The van der Waals surface area contributed by atoms with Crippen molar-refractivity contribution in [2.75, 3.05) is 18.4 Å². The number of hydrogen-bond acceptors (Lipinski definition) is 3. The van der Waals surface area contributed by atoms with Crippen molar-refractivity contribution in [3.63, 3.8) is 0 Å². The molecule has 0 saturated carbocycles. The molecule has 3 amide bonds. The van der Waals surface area contributed by atoms with E-state index in [0.29, 0.717) is 18.8 Å².